The molecule has 250 valence electrons. The molecule has 2 amide bonds. The highest BCUT2D eigenvalue weighted by atomic mass is 32.2. The number of nitrogens with zero attached hydrogens (tertiary/aromatic N) is 3. The van der Waals surface area contributed by atoms with Crippen LogP contribution < -0.4 is 10.6 Å². The molecular weight excluding hydrogens is 631 g/mol. The van der Waals surface area contributed by atoms with E-state index in [9.17, 15) is 19.8 Å². The third-order valence-electron chi connectivity index (χ3n) is 9.06. The number of amides is 2. The summed E-state index contributed by atoms with van der Waals surface area (Å²) >= 11 is 3.57. The molecule has 4 aromatic rings. The molecule has 6 rings (SSSR count). The molecule has 5 atom stereocenters. The van der Waals surface area contributed by atoms with E-state index in [1.165, 1.54) is 14.3 Å². The largest absolute Gasteiger partial charge is 0.392 e. The average molecular weight is 676 g/mol. The van der Waals surface area contributed by atoms with Crippen molar-refractivity contribution in [3.63, 3.8) is 0 Å². The Labute approximate surface area is 284 Å². The summed E-state index contributed by atoms with van der Waals surface area (Å²) in [6.45, 7) is 8.95. The van der Waals surface area contributed by atoms with E-state index in [2.05, 4.69) is 42.9 Å². The van der Waals surface area contributed by atoms with E-state index >= 15 is 0 Å². The number of thiophene rings is 2. The molecule has 9 nitrogen and oxygen atoms in total. The van der Waals surface area contributed by atoms with Gasteiger partial charge in [0, 0.05) is 73.3 Å². The molecule has 1 aromatic carbocycles. The average Bonchev–Trinajstić information content (AvgIpc) is 3.71. The Bertz CT molecular complexity index is 1640. The zero-order chi connectivity index (χ0) is 33.1. The SMILES string of the molecule is CC(C)(C)NC(=O)[C@@H]1CN(Cc2cc3ccsc3s2)CCN1C[C@@H](O)C[C@H](Cc1ccncc1)C(=O)N[C@H]1c2ccccc2C[C@H]1O. The Balaban J connectivity index is 1.15. The molecule has 4 heterocycles. The van der Waals surface area contributed by atoms with Gasteiger partial charge < -0.3 is 20.8 Å². The normalized spacial score (nSPS) is 21.8. The second-order valence-electron chi connectivity index (χ2n) is 14.0. The number of fused-ring (bicyclic) bond motifs is 2. The standard InChI is InChI=1S/C36H45N5O4S2/c1-36(2,3)39-34(45)30-22-40(21-28-18-25-10-15-46-35(25)47-28)13-14-41(30)20-27(42)17-26(16-23-8-11-37-12-9-23)33(44)38-32-29-7-5-4-6-24(29)19-31(32)43/h4-12,15,18,26-27,30-32,42-43H,13-14,16-17,19-22H2,1-3H3,(H,38,44)(H,39,45)/t26-,27-,30-,31+,32-/m0/s1. The number of β-amino-alcohol motifs (C(OH)–C–C–N with tert-alkyl or cyclic N) is 1. The predicted octanol–water partition coefficient (Wildman–Crippen LogP) is 4.14. The summed E-state index contributed by atoms with van der Waals surface area (Å²) in [4.78, 5) is 37.3. The van der Waals surface area contributed by atoms with Crippen molar-refractivity contribution >= 4 is 43.9 Å². The zero-order valence-electron chi connectivity index (χ0n) is 27.3. The lowest BCUT2D eigenvalue weighted by molar-refractivity contribution is -0.132. The number of nitrogens with one attached hydrogen (secondary N) is 2. The van der Waals surface area contributed by atoms with Crippen LogP contribution in [-0.4, -0.2) is 86.8 Å². The van der Waals surface area contributed by atoms with Crippen LogP contribution in [-0.2, 0) is 29.0 Å². The molecule has 11 heteroatoms. The third kappa shape index (κ3) is 8.46. The maximum atomic E-state index is 13.8. The Morgan fingerprint density at radius 2 is 1.89 bits per heavy atom. The van der Waals surface area contributed by atoms with Crippen LogP contribution in [0.4, 0.5) is 0 Å². The highest BCUT2D eigenvalue weighted by Crippen LogP contribution is 2.33. The summed E-state index contributed by atoms with van der Waals surface area (Å²) in [5.41, 5.74) is 2.53. The Kier molecular flexibility index (Phi) is 10.4. The first-order valence-electron chi connectivity index (χ1n) is 16.4. The first kappa shape index (κ1) is 33.7. The Morgan fingerprint density at radius 3 is 2.66 bits per heavy atom. The molecule has 47 heavy (non-hydrogen) atoms. The number of hydrogen-bond acceptors (Lipinski definition) is 9. The van der Waals surface area contributed by atoms with Crippen LogP contribution in [0.1, 0.15) is 54.8 Å². The minimum absolute atomic E-state index is 0.0541. The van der Waals surface area contributed by atoms with Crippen LogP contribution in [0.25, 0.3) is 9.40 Å². The van der Waals surface area contributed by atoms with Gasteiger partial charge in [0.1, 0.15) is 6.04 Å². The van der Waals surface area contributed by atoms with Crippen LogP contribution in [0.3, 0.4) is 0 Å². The zero-order valence-corrected chi connectivity index (χ0v) is 28.9. The number of piperazine rings is 1. The third-order valence-corrected chi connectivity index (χ3v) is 11.3. The minimum atomic E-state index is -0.839. The quantitative estimate of drug-likeness (QED) is 0.189. The number of rotatable bonds is 11. The summed E-state index contributed by atoms with van der Waals surface area (Å²) in [5, 5.41) is 32.0. The summed E-state index contributed by atoms with van der Waals surface area (Å²) in [5.74, 6) is -0.797. The molecule has 0 bridgehead atoms. The van der Waals surface area contributed by atoms with Crippen molar-refractivity contribution in [1.82, 2.24) is 25.4 Å². The smallest absolute Gasteiger partial charge is 0.239 e. The van der Waals surface area contributed by atoms with Crippen molar-refractivity contribution in [1.29, 1.82) is 0 Å². The number of aromatic nitrogens is 1. The van der Waals surface area contributed by atoms with E-state index in [0.717, 1.165) is 29.8 Å². The van der Waals surface area contributed by atoms with Crippen LogP contribution >= 0.6 is 22.7 Å². The highest BCUT2D eigenvalue weighted by molar-refractivity contribution is 7.37. The van der Waals surface area contributed by atoms with Gasteiger partial charge in [-0.3, -0.25) is 24.4 Å². The number of hydrogen-bond donors (Lipinski definition) is 4. The topological polar surface area (TPSA) is 118 Å². The van der Waals surface area contributed by atoms with E-state index in [1.54, 1.807) is 23.7 Å². The van der Waals surface area contributed by atoms with Crippen molar-refractivity contribution in [2.24, 2.45) is 5.92 Å². The molecule has 1 fully saturated rings. The predicted molar refractivity (Wildman–Crippen MR) is 187 cm³/mol. The lowest BCUT2D eigenvalue weighted by Gasteiger charge is -2.42. The van der Waals surface area contributed by atoms with Crippen molar-refractivity contribution in [2.45, 2.75) is 76.4 Å². The summed E-state index contributed by atoms with van der Waals surface area (Å²) in [7, 11) is 0. The van der Waals surface area contributed by atoms with E-state index in [0.29, 0.717) is 25.9 Å². The molecular formula is C36H45N5O4S2. The Hall–Kier alpha value is -3.19. The summed E-state index contributed by atoms with van der Waals surface area (Å²) < 4.78 is 1.32. The van der Waals surface area contributed by atoms with Crippen molar-refractivity contribution in [3.05, 3.63) is 87.9 Å². The fourth-order valence-electron chi connectivity index (χ4n) is 6.84. The maximum Gasteiger partial charge on any atom is 0.239 e. The van der Waals surface area contributed by atoms with E-state index < -0.39 is 30.2 Å². The van der Waals surface area contributed by atoms with Crippen molar-refractivity contribution in [2.75, 3.05) is 26.2 Å². The van der Waals surface area contributed by atoms with Crippen molar-refractivity contribution < 1.29 is 19.8 Å². The fraction of sp³-hybridized carbons (Fsp3) is 0.472. The number of carbonyl (C=O) groups is 2. The molecule has 3 aromatic heterocycles. The van der Waals surface area contributed by atoms with E-state index in [-0.39, 0.29) is 30.3 Å². The Morgan fingerprint density at radius 1 is 1.11 bits per heavy atom. The molecule has 0 radical (unpaired) electrons. The van der Waals surface area contributed by atoms with Gasteiger partial charge in [0.2, 0.25) is 11.8 Å². The van der Waals surface area contributed by atoms with Gasteiger partial charge in [-0.2, -0.15) is 0 Å². The molecule has 1 aliphatic carbocycles. The van der Waals surface area contributed by atoms with Crippen LogP contribution in [0.2, 0.25) is 0 Å². The number of aliphatic hydroxyl groups is 2. The van der Waals surface area contributed by atoms with Gasteiger partial charge in [-0.05, 0) is 79.9 Å². The van der Waals surface area contributed by atoms with Crippen LogP contribution in [0, 0.1) is 5.92 Å². The first-order valence-corrected chi connectivity index (χ1v) is 18.1. The monoisotopic (exact) mass is 675 g/mol. The molecule has 4 N–H and O–H groups in total. The van der Waals surface area contributed by atoms with Crippen LogP contribution in [0.15, 0.2) is 66.3 Å². The minimum Gasteiger partial charge on any atom is -0.392 e. The highest BCUT2D eigenvalue weighted by Gasteiger charge is 2.37. The molecule has 0 unspecified atom stereocenters. The summed E-state index contributed by atoms with van der Waals surface area (Å²) in [6, 6.07) is 15.0. The van der Waals surface area contributed by atoms with Crippen LogP contribution in [0.5, 0.6) is 0 Å². The first-order chi connectivity index (χ1) is 22.5. The van der Waals surface area contributed by atoms with Gasteiger partial charge in [-0.15, -0.1) is 22.7 Å². The van der Waals surface area contributed by atoms with Gasteiger partial charge in [0.05, 0.1) is 22.3 Å². The van der Waals surface area contributed by atoms with Crippen molar-refractivity contribution in [3.8, 4) is 0 Å². The van der Waals surface area contributed by atoms with Gasteiger partial charge in [-0.25, -0.2) is 0 Å². The van der Waals surface area contributed by atoms with E-state index in [4.69, 9.17) is 0 Å². The van der Waals surface area contributed by atoms with Gasteiger partial charge >= 0.3 is 0 Å². The lowest BCUT2D eigenvalue weighted by Crippen LogP contribution is -2.61. The second kappa shape index (κ2) is 14.5. The molecule has 1 aliphatic heterocycles. The number of carbonyl (C=O) groups excluding carboxylic acids is 2. The molecule has 0 saturated carbocycles. The van der Waals surface area contributed by atoms with Gasteiger partial charge in [0.15, 0.2) is 0 Å². The molecule has 2 aliphatic rings. The number of pyridine rings is 1. The molecule has 1 saturated heterocycles. The van der Waals surface area contributed by atoms with Gasteiger partial charge in [-0.1, -0.05) is 24.3 Å². The lowest BCUT2D eigenvalue weighted by atomic mass is 9.92. The second-order valence-corrected chi connectivity index (χ2v) is 16.3. The fourth-order valence-corrected chi connectivity index (χ4v) is 9.03. The maximum absolute atomic E-state index is 13.8. The van der Waals surface area contributed by atoms with Gasteiger partial charge in [0.25, 0.3) is 0 Å². The van der Waals surface area contributed by atoms with E-state index in [1.807, 2.05) is 68.5 Å². The molecule has 0 spiro atoms. The number of aliphatic hydroxyl groups excluding tert-OH is 2. The number of benzene rings is 1. The summed E-state index contributed by atoms with van der Waals surface area (Å²) in [6.07, 6.45) is 3.01.